The zero-order valence-electron chi connectivity index (χ0n) is 17.9. The second-order valence-corrected chi connectivity index (χ2v) is 8.43. The highest BCUT2D eigenvalue weighted by atomic mass is 35.5. The average molecular weight is 457 g/mol. The van der Waals surface area contributed by atoms with Crippen LogP contribution < -0.4 is 5.32 Å². The van der Waals surface area contributed by atoms with Gasteiger partial charge in [0.05, 0.1) is 17.2 Å². The number of carbonyl (C=O) groups is 2. The molecule has 1 amide bonds. The third-order valence-corrected chi connectivity index (χ3v) is 6.11. The molecule has 5 rings (SSSR count). The van der Waals surface area contributed by atoms with E-state index in [1.807, 2.05) is 73.7 Å². The van der Waals surface area contributed by atoms with Crippen molar-refractivity contribution >= 4 is 29.2 Å². The molecule has 0 spiro atoms. The number of carbonyl (C=O) groups excluding carboxylic acids is 2. The Morgan fingerprint density at radius 2 is 1.67 bits per heavy atom. The minimum Gasteiger partial charge on any atom is -0.457 e. The first-order valence-corrected chi connectivity index (χ1v) is 11.0. The first-order chi connectivity index (χ1) is 16.0. The van der Waals surface area contributed by atoms with Gasteiger partial charge in [0.15, 0.2) is 0 Å². The number of fused-ring (bicyclic) bond motifs is 1. The van der Waals surface area contributed by atoms with Crippen molar-refractivity contribution in [3.05, 3.63) is 112 Å². The molecular weight excluding hydrogens is 436 g/mol. The average Bonchev–Trinajstić information content (AvgIpc) is 3.34. The highest BCUT2D eigenvalue weighted by Gasteiger charge is 2.38. The standard InChI is InChI=1S/C27H21ClN2O3/c1-16-22(27(32)33-15-17-7-3-2-4-8-17)24(25(29-16)18-11-13-19(28)14-12-18)23-20-9-5-6-10-21(20)30-26(23)31/h2-14,23,29H,15H2,1H3,(H,30,31). The van der Waals surface area contributed by atoms with Gasteiger partial charge in [-0.2, -0.15) is 0 Å². The Bertz CT molecular complexity index is 1340. The number of amides is 1. The van der Waals surface area contributed by atoms with Gasteiger partial charge >= 0.3 is 5.97 Å². The van der Waals surface area contributed by atoms with Crippen LogP contribution in [0.15, 0.2) is 78.9 Å². The summed E-state index contributed by atoms with van der Waals surface area (Å²) < 4.78 is 5.67. The molecule has 0 saturated carbocycles. The number of rotatable bonds is 5. The zero-order chi connectivity index (χ0) is 22.9. The maximum atomic E-state index is 13.3. The van der Waals surface area contributed by atoms with E-state index in [-0.39, 0.29) is 12.5 Å². The fraction of sp³-hybridized carbons (Fsp3) is 0.111. The first-order valence-electron chi connectivity index (χ1n) is 10.6. The predicted octanol–water partition coefficient (Wildman–Crippen LogP) is 6.08. The number of nitrogens with one attached hydrogen (secondary N) is 2. The summed E-state index contributed by atoms with van der Waals surface area (Å²) in [5, 5.41) is 3.55. The van der Waals surface area contributed by atoms with Crippen LogP contribution in [0.1, 0.15) is 38.7 Å². The SMILES string of the molecule is Cc1[nH]c(-c2ccc(Cl)cc2)c(C2C(=O)Nc3ccccc32)c1C(=O)OCc1ccccc1. The summed E-state index contributed by atoms with van der Waals surface area (Å²) in [6.45, 7) is 1.97. The van der Waals surface area contributed by atoms with Gasteiger partial charge in [0.25, 0.3) is 0 Å². The van der Waals surface area contributed by atoms with E-state index in [9.17, 15) is 9.59 Å². The van der Waals surface area contributed by atoms with Crippen LogP contribution in [0.5, 0.6) is 0 Å². The number of hydrogen-bond acceptors (Lipinski definition) is 3. The van der Waals surface area contributed by atoms with Crippen molar-refractivity contribution in [2.45, 2.75) is 19.4 Å². The molecule has 1 aliphatic rings. The third kappa shape index (κ3) is 3.92. The van der Waals surface area contributed by atoms with Crippen molar-refractivity contribution in [1.29, 1.82) is 0 Å². The molecular formula is C27H21ClN2O3. The van der Waals surface area contributed by atoms with Gasteiger partial charge in [0.1, 0.15) is 6.61 Å². The Hall–Kier alpha value is -3.83. The molecule has 3 aromatic carbocycles. The number of para-hydroxylation sites is 1. The van der Waals surface area contributed by atoms with E-state index in [1.54, 1.807) is 12.1 Å². The van der Waals surface area contributed by atoms with Gasteiger partial charge in [-0.3, -0.25) is 4.79 Å². The normalized spacial score (nSPS) is 14.6. The summed E-state index contributed by atoms with van der Waals surface area (Å²) in [5.74, 6) is -1.29. The lowest BCUT2D eigenvalue weighted by Crippen LogP contribution is -2.17. The number of aryl methyl sites for hydroxylation is 1. The van der Waals surface area contributed by atoms with Gasteiger partial charge in [0.2, 0.25) is 5.91 Å². The number of H-pyrrole nitrogens is 1. The molecule has 6 heteroatoms. The molecule has 1 atom stereocenters. The number of ether oxygens (including phenoxy) is 1. The molecule has 164 valence electrons. The molecule has 0 aliphatic carbocycles. The maximum absolute atomic E-state index is 13.3. The van der Waals surface area contributed by atoms with Crippen LogP contribution in [0.2, 0.25) is 5.02 Å². The van der Waals surface area contributed by atoms with Crippen molar-refractivity contribution < 1.29 is 14.3 Å². The molecule has 5 nitrogen and oxygen atoms in total. The molecule has 4 aromatic rings. The maximum Gasteiger partial charge on any atom is 0.340 e. The highest BCUT2D eigenvalue weighted by molar-refractivity contribution is 6.30. The number of esters is 1. The predicted molar refractivity (Wildman–Crippen MR) is 128 cm³/mol. The smallest absolute Gasteiger partial charge is 0.340 e. The van der Waals surface area contributed by atoms with Crippen molar-refractivity contribution in [2.75, 3.05) is 5.32 Å². The summed E-state index contributed by atoms with van der Waals surface area (Å²) in [4.78, 5) is 29.8. The summed E-state index contributed by atoms with van der Waals surface area (Å²) in [5.41, 5.74) is 5.63. The van der Waals surface area contributed by atoms with Gasteiger partial charge in [-0.1, -0.05) is 72.3 Å². The van der Waals surface area contributed by atoms with Crippen molar-refractivity contribution in [3.8, 4) is 11.3 Å². The van der Waals surface area contributed by atoms with Crippen LogP contribution in [0.4, 0.5) is 5.69 Å². The van der Waals surface area contributed by atoms with E-state index in [2.05, 4.69) is 10.3 Å². The number of anilines is 1. The van der Waals surface area contributed by atoms with Crippen molar-refractivity contribution in [3.63, 3.8) is 0 Å². The van der Waals surface area contributed by atoms with E-state index in [1.165, 1.54) is 0 Å². The topological polar surface area (TPSA) is 71.2 Å². The van der Waals surface area contributed by atoms with E-state index < -0.39 is 11.9 Å². The van der Waals surface area contributed by atoms with Crippen LogP contribution in [-0.4, -0.2) is 16.9 Å². The van der Waals surface area contributed by atoms with Gasteiger partial charge in [-0.15, -0.1) is 0 Å². The molecule has 1 aromatic heterocycles. The molecule has 1 aliphatic heterocycles. The number of hydrogen-bond donors (Lipinski definition) is 2. The fourth-order valence-corrected chi connectivity index (χ4v) is 4.46. The Labute approximate surface area is 196 Å². The van der Waals surface area contributed by atoms with E-state index in [0.29, 0.717) is 27.5 Å². The number of aromatic amines is 1. The number of aromatic nitrogens is 1. The monoisotopic (exact) mass is 456 g/mol. The summed E-state index contributed by atoms with van der Waals surface area (Å²) in [6, 6.07) is 24.4. The van der Waals surface area contributed by atoms with Crippen LogP contribution >= 0.6 is 11.6 Å². The van der Waals surface area contributed by atoms with Crippen molar-refractivity contribution in [2.24, 2.45) is 0 Å². The minimum absolute atomic E-state index is 0.146. The van der Waals surface area contributed by atoms with Crippen molar-refractivity contribution in [1.82, 2.24) is 4.98 Å². The fourth-order valence-electron chi connectivity index (χ4n) is 4.33. The molecule has 2 heterocycles. The van der Waals surface area contributed by atoms with Crippen LogP contribution in [0.25, 0.3) is 11.3 Å². The van der Waals surface area contributed by atoms with Crippen LogP contribution in [0.3, 0.4) is 0 Å². The van der Waals surface area contributed by atoms with E-state index in [4.69, 9.17) is 16.3 Å². The van der Waals surface area contributed by atoms with Gasteiger partial charge in [-0.25, -0.2) is 4.79 Å². The van der Waals surface area contributed by atoms with Gasteiger partial charge < -0.3 is 15.0 Å². The summed E-state index contributed by atoms with van der Waals surface area (Å²) in [7, 11) is 0. The van der Waals surface area contributed by atoms with Gasteiger partial charge in [0, 0.05) is 22.0 Å². The quantitative estimate of drug-likeness (QED) is 0.357. The molecule has 0 bridgehead atoms. The minimum atomic E-state index is -0.642. The summed E-state index contributed by atoms with van der Waals surface area (Å²) >= 11 is 6.09. The van der Waals surface area contributed by atoms with Crippen LogP contribution in [-0.2, 0) is 16.1 Å². The second kappa shape index (κ2) is 8.60. The first kappa shape index (κ1) is 21.0. The van der Waals surface area contributed by atoms with E-state index >= 15 is 0 Å². The van der Waals surface area contributed by atoms with Crippen LogP contribution in [0, 0.1) is 6.92 Å². The van der Waals surface area contributed by atoms with E-state index in [0.717, 1.165) is 22.4 Å². The Morgan fingerprint density at radius 3 is 2.42 bits per heavy atom. The molecule has 0 fully saturated rings. The molecule has 2 N–H and O–H groups in total. The lowest BCUT2D eigenvalue weighted by molar-refractivity contribution is -0.116. The Morgan fingerprint density at radius 1 is 0.970 bits per heavy atom. The zero-order valence-corrected chi connectivity index (χ0v) is 18.6. The van der Waals surface area contributed by atoms with Gasteiger partial charge in [-0.05, 0) is 41.8 Å². The Kier molecular flexibility index (Phi) is 5.48. The molecule has 33 heavy (non-hydrogen) atoms. The molecule has 1 unspecified atom stereocenters. The Balaban J connectivity index is 1.62. The lowest BCUT2D eigenvalue weighted by atomic mass is 9.87. The third-order valence-electron chi connectivity index (χ3n) is 5.86. The highest BCUT2D eigenvalue weighted by Crippen LogP contribution is 2.43. The lowest BCUT2D eigenvalue weighted by Gasteiger charge is -2.14. The number of benzene rings is 3. The second-order valence-electron chi connectivity index (χ2n) is 7.99. The molecule has 0 radical (unpaired) electrons. The largest absolute Gasteiger partial charge is 0.457 e. The molecule has 0 saturated heterocycles. The number of halogens is 1. The summed E-state index contributed by atoms with van der Waals surface area (Å²) in [6.07, 6.45) is 0.